The Bertz CT molecular complexity index is 554. The van der Waals surface area contributed by atoms with E-state index in [1.54, 1.807) is 24.8 Å². The first-order valence-electron chi connectivity index (χ1n) is 5.56. The number of hydrogen-bond donors (Lipinski definition) is 2. The molecule has 0 saturated carbocycles. The summed E-state index contributed by atoms with van der Waals surface area (Å²) >= 11 is 1.39. The lowest BCUT2D eigenvalue weighted by Gasteiger charge is -2.03. The number of ether oxygens (including phenoxy) is 1. The Kier molecular flexibility index (Phi) is 4.30. The topological polar surface area (TPSA) is 84.3 Å². The van der Waals surface area contributed by atoms with Gasteiger partial charge in [-0.05, 0) is 5.56 Å². The molecule has 0 amide bonds. The maximum Gasteiger partial charge on any atom is 0.309 e. The lowest BCUT2D eigenvalue weighted by molar-refractivity contribution is -0.136. The van der Waals surface area contributed by atoms with Crippen molar-refractivity contribution in [1.82, 2.24) is 9.97 Å². The minimum atomic E-state index is -0.879. The number of pyridine rings is 1. The largest absolute Gasteiger partial charge is 0.481 e. The van der Waals surface area contributed by atoms with E-state index in [4.69, 9.17) is 9.84 Å². The summed E-state index contributed by atoms with van der Waals surface area (Å²) in [5.41, 5.74) is 1.56. The van der Waals surface area contributed by atoms with Crippen LogP contribution in [0.3, 0.4) is 0 Å². The number of thiazole rings is 1. The van der Waals surface area contributed by atoms with E-state index in [2.05, 4.69) is 15.3 Å². The maximum atomic E-state index is 10.5. The number of aromatic nitrogens is 2. The van der Waals surface area contributed by atoms with Gasteiger partial charge in [-0.2, -0.15) is 0 Å². The summed E-state index contributed by atoms with van der Waals surface area (Å²) < 4.78 is 4.97. The average molecular weight is 279 g/mol. The molecule has 0 spiro atoms. The number of carboxylic acids is 1. The molecule has 0 aliphatic carbocycles. The Morgan fingerprint density at radius 3 is 3.00 bits per heavy atom. The summed E-state index contributed by atoms with van der Waals surface area (Å²) in [4.78, 5) is 18.8. The molecular weight excluding hydrogens is 266 g/mol. The van der Waals surface area contributed by atoms with Gasteiger partial charge in [0.2, 0.25) is 5.88 Å². The third-order valence-corrected chi connectivity index (χ3v) is 3.18. The molecular formula is C12H13N3O3S. The molecule has 2 heterocycles. The summed E-state index contributed by atoms with van der Waals surface area (Å²) in [5.74, 6) is -0.307. The normalized spacial score (nSPS) is 10.2. The number of anilines is 1. The van der Waals surface area contributed by atoms with Crippen molar-refractivity contribution in [1.29, 1.82) is 0 Å². The van der Waals surface area contributed by atoms with Crippen LogP contribution in [-0.2, 0) is 17.8 Å². The molecule has 2 rings (SSSR count). The molecule has 0 aromatic carbocycles. The highest BCUT2D eigenvalue weighted by Crippen LogP contribution is 2.17. The van der Waals surface area contributed by atoms with Gasteiger partial charge in [-0.3, -0.25) is 4.79 Å². The van der Waals surface area contributed by atoms with Crippen LogP contribution in [0.4, 0.5) is 5.13 Å². The number of hydrogen-bond acceptors (Lipinski definition) is 6. The third-order valence-electron chi connectivity index (χ3n) is 2.33. The standard InChI is InChI=1S/C12H13N3O3S/c1-18-10-3-2-8(5-13-10)6-14-12-15-9(7-19-12)4-11(16)17/h2-3,5,7H,4,6H2,1H3,(H,14,15)(H,16,17). The van der Waals surface area contributed by atoms with E-state index >= 15 is 0 Å². The molecule has 0 radical (unpaired) electrons. The molecule has 2 aromatic rings. The number of nitrogens with one attached hydrogen (secondary N) is 1. The fraction of sp³-hybridized carbons (Fsp3) is 0.250. The molecule has 0 aliphatic rings. The van der Waals surface area contributed by atoms with Crippen molar-refractivity contribution < 1.29 is 14.6 Å². The molecule has 100 valence electrons. The third kappa shape index (κ3) is 3.92. The Morgan fingerprint density at radius 1 is 1.53 bits per heavy atom. The smallest absolute Gasteiger partial charge is 0.309 e. The molecule has 2 aromatic heterocycles. The first-order valence-corrected chi connectivity index (χ1v) is 6.44. The quantitative estimate of drug-likeness (QED) is 0.838. The SMILES string of the molecule is COc1ccc(CNc2nc(CC(=O)O)cs2)cn1. The van der Waals surface area contributed by atoms with Gasteiger partial charge in [-0.25, -0.2) is 9.97 Å². The minimum absolute atomic E-state index is 0.0533. The second-order valence-electron chi connectivity index (χ2n) is 3.78. The van der Waals surface area contributed by atoms with Gasteiger partial charge in [-0.15, -0.1) is 11.3 Å². The van der Waals surface area contributed by atoms with Crippen molar-refractivity contribution in [3.63, 3.8) is 0 Å². The molecule has 0 fully saturated rings. The predicted octanol–water partition coefficient (Wildman–Crippen LogP) is 1.79. The van der Waals surface area contributed by atoms with Crippen LogP contribution in [0.1, 0.15) is 11.3 Å². The number of carboxylic acid groups (broad SMARTS) is 1. The van der Waals surface area contributed by atoms with Crippen LogP contribution in [0.15, 0.2) is 23.7 Å². The molecule has 19 heavy (non-hydrogen) atoms. The molecule has 2 N–H and O–H groups in total. The minimum Gasteiger partial charge on any atom is -0.481 e. The first kappa shape index (κ1) is 13.3. The zero-order valence-corrected chi connectivity index (χ0v) is 11.1. The molecule has 0 aliphatic heterocycles. The lowest BCUT2D eigenvalue weighted by atomic mass is 10.3. The maximum absolute atomic E-state index is 10.5. The average Bonchev–Trinajstić information content (AvgIpc) is 2.84. The van der Waals surface area contributed by atoms with Crippen LogP contribution in [0.5, 0.6) is 5.88 Å². The van der Waals surface area contributed by atoms with Gasteiger partial charge in [0.15, 0.2) is 5.13 Å². The molecule has 6 nitrogen and oxygen atoms in total. The fourth-order valence-corrected chi connectivity index (χ4v) is 2.15. The number of rotatable bonds is 6. The lowest BCUT2D eigenvalue weighted by Crippen LogP contribution is -2.02. The number of nitrogens with zero attached hydrogens (tertiary/aromatic N) is 2. The van der Waals surface area contributed by atoms with Crippen molar-refractivity contribution in [3.8, 4) is 5.88 Å². The van der Waals surface area contributed by atoms with Gasteiger partial charge in [0.25, 0.3) is 0 Å². The molecule has 7 heteroatoms. The van der Waals surface area contributed by atoms with Gasteiger partial charge in [0.1, 0.15) is 0 Å². The number of methoxy groups -OCH3 is 1. The van der Waals surface area contributed by atoms with E-state index < -0.39 is 5.97 Å². The van der Waals surface area contributed by atoms with E-state index in [-0.39, 0.29) is 6.42 Å². The highest BCUT2D eigenvalue weighted by Gasteiger charge is 2.06. The van der Waals surface area contributed by atoms with Gasteiger partial charge in [0.05, 0.1) is 19.2 Å². The van der Waals surface area contributed by atoms with Crippen LogP contribution in [0, 0.1) is 0 Å². The van der Waals surface area contributed by atoms with Crippen LogP contribution in [0.25, 0.3) is 0 Å². The van der Waals surface area contributed by atoms with Crippen LogP contribution in [-0.4, -0.2) is 28.2 Å². The van der Waals surface area contributed by atoms with Crippen molar-refractivity contribution >= 4 is 22.4 Å². The van der Waals surface area contributed by atoms with E-state index in [1.165, 1.54) is 11.3 Å². The predicted molar refractivity (Wildman–Crippen MR) is 71.6 cm³/mol. The van der Waals surface area contributed by atoms with Crippen molar-refractivity contribution in [3.05, 3.63) is 35.0 Å². The van der Waals surface area contributed by atoms with Gasteiger partial charge < -0.3 is 15.2 Å². The number of carbonyl (C=O) groups is 1. The van der Waals surface area contributed by atoms with E-state index in [0.717, 1.165) is 5.56 Å². The second-order valence-corrected chi connectivity index (χ2v) is 4.63. The van der Waals surface area contributed by atoms with E-state index in [1.807, 2.05) is 6.07 Å². The Balaban J connectivity index is 1.90. The summed E-state index contributed by atoms with van der Waals surface area (Å²) in [6, 6.07) is 3.69. The summed E-state index contributed by atoms with van der Waals surface area (Å²) in [5, 5.41) is 14.2. The molecule has 0 atom stereocenters. The summed E-state index contributed by atoms with van der Waals surface area (Å²) in [7, 11) is 1.57. The van der Waals surface area contributed by atoms with E-state index in [9.17, 15) is 4.79 Å². The summed E-state index contributed by atoms with van der Waals surface area (Å²) in [6.45, 7) is 0.580. The van der Waals surface area contributed by atoms with Crippen LogP contribution >= 0.6 is 11.3 Å². The van der Waals surface area contributed by atoms with E-state index in [0.29, 0.717) is 23.3 Å². The van der Waals surface area contributed by atoms with Crippen molar-refractivity contribution in [2.24, 2.45) is 0 Å². The second kappa shape index (κ2) is 6.14. The monoisotopic (exact) mass is 279 g/mol. The highest BCUT2D eigenvalue weighted by molar-refractivity contribution is 7.13. The fourth-order valence-electron chi connectivity index (χ4n) is 1.44. The Morgan fingerprint density at radius 2 is 2.37 bits per heavy atom. The van der Waals surface area contributed by atoms with Gasteiger partial charge in [0, 0.05) is 24.2 Å². The van der Waals surface area contributed by atoms with Gasteiger partial charge >= 0.3 is 5.97 Å². The van der Waals surface area contributed by atoms with Gasteiger partial charge in [-0.1, -0.05) is 6.07 Å². The molecule has 0 saturated heterocycles. The Hall–Kier alpha value is -2.15. The highest BCUT2D eigenvalue weighted by atomic mass is 32.1. The Labute approximate surface area is 114 Å². The molecule has 0 unspecified atom stereocenters. The van der Waals surface area contributed by atoms with Crippen LogP contribution < -0.4 is 10.1 Å². The zero-order chi connectivity index (χ0) is 13.7. The van der Waals surface area contributed by atoms with Crippen LogP contribution in [0.2, 0.25) is 0 Å². The number of aliphatic carboxylic acids is 1. The van der Waals surface area contributed by atoms with Crippen molar-refractivity contribution in [2.45, 2.75) is 13.0 Å². The first-order chi connectivity index (χ1) is 9.17. The molecule has 0 bridgehead atoms. The summed E-state index contributed by atoms with van der Waals surface area (Å²) in [6.07, 6.45) is 1.67. The zero-order valence-electron chi connectivity index (χ0n) is 10.3. The van der Waals surface area contributed by atoms with Crippen molar-refractivity contribution in [2.75, 3.05) is 12.4 Å².